The first kappa shape index (κ1) is 26.5. The van der Waals surface area contributed by atoms with Gasteiger partial charge in [-0.2, -0.15) is 0 Å². The molecule has 0 radical (unpaired) electrons. The number of fused-ring (bicyclic) bond motifs is 5. The van der Waals surface area contributed by atoms with Crippen LogP contribution in [0.25, 0.3) is 88.0 Å². The summed E-state index contributed by atoms with van der Waals surface area (Å²) in [6.45, 7) is 2.17. The number of hydrogen-bond acceptors (Lipinski definition) is 1. The Morgan fingerprint density at radius 2 is 0.870 bits per heavy atom. The maximum Gasteiger partial charge on any atom is 0.135 e. The molecule has 0 aliphatic heterocycles. The monoisotopic (exact) mass is 586 g/mol. The molecule has 1 aromatic heterocycles. The summed E-state index contributed by atoms with van der Waals surface area (Å²) in [6, 6.07) is 59.3. The van der Waals surface area contributed by atoms with Crippen LogP contribution in [0, 0.1) is 6.92 Å². The van der Waals surface area contributed by atoms with E-state index in [4.69, 9.17) is 4.42 Å². The lowest BCUT2D eigenvalue weighted by Crippen LogP contribution is -1.95. The molecule has 0 spiro atoms. The summed E-state index contributed by atoms with van der Waals surface area (Å²) in [7, 11) is 0. The van der Waals surface area contributed by atoms with Crippen LogP contribution in [0.2, 0.25) is 0 Å². The van der Waals surface area contributed by atoms with E-state index in [1.165, 1.54) is 71.6 Å². The van der Waals surface area contributed by atoms with E-state index in [-0.39, 0.29) is 0 Å². The Morgan fingerprint density at radius 3 is 1.57 bits per heavy atom. The van der Waals surface area contributed by atoms with E-state index >= 15 is 0 Å². The maximum atomic E-state index is 6.23. The average molecular weight is 587 g/mol. The molecule has 0 N–H and O–H groups in total. The van der Waals surface area contributed by atoms with Gasteiger partial charge in [-0.05, 0) is 91.2 Å². The Labute approximate surface area is 268 Å². The molecule has 0 unspecified atom stereocenters. The summed E-state index contributed by atoms with van der Waals surface area (Å²) >= 11 is 0. The molecule has 0 saturated heterocycles. The lowest BCUT2D eigenvalue weighted by atomic mass is 9.81. The van der Waals surface area contributed by atoms with E-state index in [2.05, 4.69) is 159 Å². The second kappa shape index (κ2) is 10.6. The van der Waals surface area contributed by atoms with Crippen molar-refractivity contribution in [2.75, 3.05) is 0 Å². The first-order valence-corrected chi connectivity index (χ1v) is 15.9. The highest BCUT2D eigenvalue weighted by molar-refractivity contribution is 6.24. The van der Waals surface area contributed by atoms with E-state index < -0.39 is 0 Å². The molecule has 0 bridgehead atoms. The first-order chi connectivity index (χ1) is 22.7. The predicted molar refractivity (Wildman–Crippen MR) is 195 cm³/mol. The van der Waals surface area contributed by atoms with Gasteiger partial charge in [-0.25, -0.2) is 0 Å². The summed E-state index contributed by atoms with van der Waals surface area (Å²) in [5.41, 5.74) is 12.9. The normalized spacial score (nSPS) is 11.6. The minimum Gasteiger partial charge on any atom is -0.456 e. The Balaban J connectivity index is 1.44. The Kier molecular flexibility index (Phi) is 6.11. The van der Waals surface area contributed by atoms with E-state index in [9.17, 15) is 0 Å². The van der Waals surface area contributed by atoms with Crippen molar-refractivity contribution >= 4 is 43.5 Å². The Hall–Kier alpha value is -5.92. The topological polar surface area (TPSA) is 13.1 Å². The van der Waals surface area contributed by atoms with Crippen LogP contribution in [0.15, 0.2) is 168 Å². The van der Waals surface area contributed by atoms with Gasteiger partial charge >= 0.3 is 0 Å². The molecule has 9 aromatic rings. The maximum absolute atomic E-state index is 6.23. The molecule has 0 aliphatic rings. The van der Waals surface area contributed by atoms with Crippen LogP contribution in [0.1, 0.15) is 5.56 Å². The fourth-order valence-electron chi connectivity index (χ4n) is 7.32. The van der Waals surface area contributed by atoms with E-state index in [1.54, 1.807) is 0 Å². The molecule has 8 aromatic carbocycles. The van der Waals surface area contributed by atoms with Gasteiger partial charge in [0.25, 0.3) is 0 Å². The highest BCUT2D eigenvalue weighted by Crippen LogP contribution is 2.49. The summed E-state index contributed by atoms with van der Waals surface area (Å²) in [5.74, 6) is 0. The largest absolute Gasteiger partial charge is 0.456 e. The molecular formula is C45H30O. The van der Waals surface area contributed by atoms with Crippen LogP contribution in [0.3, 0.4) is 0 Å². The van der Waals surface area contributed by atoms with Gasteiger partial charge in [0.2, 0.25) is 0 Å². The predicted octanol–water partition coefficient (Wildman–Crippen LogP) is 12.9. The van der Waals surface area contributed by atoms with Gasteiger partial charge in [0.15, 0.2) is 0 Å². The minimum absolute atomic E-state index is 0.907. The fraction of sp³-hybridized carbons (Fsp3) is 0.0222. The van der Waals surface area contributed by atoms with Crippen molar-refractivity contribution in [1.29, 1.82) is 0 Å². The molecule has 1 heteroatoms. The molecular weight excluding hydrogens is 556 g/mol. The molecule has 0 saturated carbocycles. The Morgan fingerprint density at radius 1 is 0.326 bits per heavy atom. The lowest BCUT2D eigenvalue weighted by molar-refractivity contribution is 0.669. The van der Waals surface area contributed by atoms with Gasteiger partial charge in [-0.1, -0.05) is 151 Å². The van der Waals surface area contributed by atoms with Crippen molar-refractivity contribution in [3.8, 4) is 44.5 Å². The summed E-state index contributed by atoms with van der Waals surface area (Å²) in [5, 5.41) is 7.28. The number of rotatable bonds is 4. The van der Waals surface area contributed by atoms with E-state index in [1.807, 2.05) is 12.1 Å². The van der Waals surface area contributed by atoms with Crippen molar-refractivity contribution < 1.29 is 4.42 Å². The summed E-state index contributed by atoms with van der Waals surface area (Å²) in [6.07, 6.45) is 0. The number of benzene rings is 8. The van der Waals surface area contributed by atoms with Gasteiger partial charge < -0.3 is 4.42 Å². The Bertz CT molecular complexity index is 2530. The van der Waals surface area contributed by atoms with Crippen molar-refractivity contribution in [3.63, 3.8) is 0 Å². The quantitative estimate of drug-likeness (QED) is 0.187. The average Bonchev–Trinajstić information content (AvgIpc) is 3.49. The van der Waals surface area contributed by atoms with Crippen LogP contribution < -0.4 is 0 Å². The zero-order valence-corrected chi connectivity index (χ0v) is 25.5. The number of hydrogen-bond donors (Lipinski definition) is 0. The van der Waals surface area contributed by atoms with Gasteiger partial charge in [0.1, 0.15) is 11.2 Å². The highest BCUT2D eigenvalue weighted by atomic mass is 16.3. The van der Waals surface area contributed by atoms with Gasteiger partial charge in [-0.3, -0.25) is 0 Å². The molecule has 0 atom stereocenters. The molecule has 9 rings (SSSR count). The van der Waals surface area contributed by atoms with Crippen molar-refractivity contribution in [1.82, 2.24) is 0 Å². The third-order valence-corrected chi connectivity index (χ3v) is 9.33. The van der Waals surface area contributed by atoms with Crippen molar-refractivity contribution in [3.05, 3.63) is 169 Å². The van der Waals surface area contributed by atoms with E-state index in [0.29, 0.717) is 0 Å². The SMILES string of the molecule is Cc1cccc(-c2c3ccccc3c(-c3c(-c4ccccc4)cccc3-c3ccc4oc5ccccc5c4c3)c3ccccc23)c1. The number of furan rings is 1. The van der Waals surface area contributed by atoms with Gasteiger partial charge in [0.05, 0.1) is 0 Å². The second-order valence-electron chi connectivity index (χ2n) is 12.1. The molecule has 0 amide bonds. The minimum atomic E-state index is 0.907. The lowest BCUT2D eigenvalue weighted by Gasteiger charge is -2.22. The fourth-order valence-corrected chi connectivity index (χ4v) is 7.32. The molecule has 0 aliphatic carbocycles. The van der Waals surface area contributed by atoms with Crippen LogP contribution in [-0.4, -0.2) is 0 Å². The highest BCUT2D eigenvalue weighted by Gasteiger charge is 2.22. The van der Waals surface area contributed by atoms with Gasteiger partial charge in [-0.15, -0.1) is 0 Å². The smallest absolute Gasteiger partial charge is 0.135 e. The molecule has 216 valence electrons. The molecule has 1 heterocycles. The van der Waals surface area contributed by atoms with E-state index in [0.717, 1.165) is 21.9 Å². The summed E-state index contributed by atoms with van der Waals surface area (Å²) < 4.78 is 6.23. The van der Waals surface area contributed by atoms with Crippen LogP contribution >= 0.6 is 0 Å². The van der Waals surface area contributed by atoms with Crippen LogP contribution in [-0.2, 0) is 0 Å². The molecule has 1 nitrogen and oxygen atoms in total. The third kappa shape index (κ3) is 4.17. The summed E-state index contributed by atoms with van der Waals surface area (Å²) in [4.78, 5) is 0. The van der Waals surface area contributed by atoms with Gasteiger partial charge in [0, 0.05) is 10.8 Å². The zero-order valence-electron chi connectivity index (χ0n) is 25.5. The van der Waals surface area contributed by atoms with Crippen LogP contribution in [0.5, 0.6) is 0 Å². The zero-order chi connectivity index (χ0) is 30.6. The van der Waals surface area contributed by atoms with Crippen molar-refractivity contribution in [2.45, 2.75) is 6.92 Å². The second-order valence-corrected chi connectivity index (χ2v) is 12.1. The van der Waals surface area contributed by atoms with Crippen LogP contribution in [0.4, 0.5) is 0 Å². The molecule has 0 fully saturated rings. The van der Waals surface area contributed by atoms with Crippen molar-refractivity contribution in [2.24, 2.45) is 0 Å². The number of para-hydroxylation sites is 1. The standard InChI is InChI=1S/C45H30O/c1-29-13-11-16-32(27-29)43-36-18-5-7-20-38(36)45(39-21-8-6-19-37(39)43)44-33(30-14-3-2-4-15-30)22-12-23-34(44)31-25-26-42-40(28-31)35-17-9-10-24-41(35)46-42/h2-28H,1H3. The molecule has 46 heavy (non-hydrogen) atoms. The third-order valence-electron chi connectivity index (χ3n) is 9.33. The first-order valence-electron chi connectivity index (χ1n) is 15.9. The number of aryl methyl sites for hydroxylation is 1.